The summed E-state index contributed by atoms with van der Waals surface area (Å²) in [6.07, 6.45) is -4.44. The molecule has 196 valence electrons. The normalized spacial score (nSPS) is 30.3. The van der Waals surface area contributed by atoms with Crippen LogP contribution in [-0.4, -0.2) is 50.9 Å². The molecule has 1 aromatic carbocycles. The highest BCUT2D eigenvalue weighted by Gasteiger charge is 2.67. The van der Waals surface area contributed by atoms with Gasteiger partial charge in [0.15, 0.2) is 23.7 Å². The lowest BCUT2D eigenvalue weighted by atomic mass is 10.00. The Morgan fingerprint density at radius 2 is 1.95 bits per heavy atom. The maximum absolute atomic E-state index is 14.1. The average Bonchev–Trinajstić information content (AvgIpc) is 3.38. The molecule has 7 atom stereocenters. The van der Waals surface area contributed by atoms with Gasteiger partial charge in [-0.3, -0.25) is 14.4 Å². The third-order valence-electron chi connectivity index (χ3n) is 8.03. The monoisotopic (exact) mass is 525 g/mol. The first-order chi connectivity index (χ1) is 17.4. The standard InChI is InChI=1S/C24H20F5N3O5/c1-8-16-13-5-14(17(8)16)37-15-7-31-6-11(19(33)20(34)18(31)23(36)32(13)15)22(35)30-21(24(27,28)29)10-3-2-9(25)4-12(10)26/h2-4,6,8,13-17,21,34H,5,7H2,1H3,(H,30,35)/t8-,13?,14?,15+,16-,17+,21+/m1/s1. The van der Waals surface area contributed by atoms with Gasteiger partial charge in [0.2, 0.25) is 5.43 Å². The van der Waals surface area contributed by atoms with Gasteiger partial charge in [0, 0.05) is 23.9 Å². The largest absolute Gasteiger partial charge is 0.503 e. The van der Waals surface area contributed by atoms with Crippen molar-refractivity contribution in [2.75, 3.05) is 0 Å². The summed E-state index contributed by atoms with van der Waals surface area (Å²) in [6, 6.07) is -1.65. The van der Waals surface area contributed by atoms with Crippen LogP contribution in [0.4, 0.5) is 22.0 Å². The van der Waals surface area contributed by atoms with E-state index in [1.165, 1.54) is 4.90 Å². The van der Waals surface area contributed by atoms with Crippen LogP contribution in [0, 0.1) is 29.4 Å². The van der Waals surface area contributed by atoms with Crippen molar-refractivity contribution in [3.05, 3.63) is 63.1 Å². The number of carbonyl (C=O) groups excluding carboxylic acids is 2. The highest BCUT2D eigenvalue weighted by Crippen LogP contribution is 2.62. The number of alkyl halides is 3. The first kappa shape index (κ1) is 23.9. The minimum absolute atomic E-state index is 0.0468. The van der Waals surface area contributed by atoms with Crippen LogP contribution in [0.2, 0.25) is 0 Å². The van der Waals surface area contributed by atoms with E-state index in [1.54, 1.807) is 5.32 Å². The Labute approximate surface area is 205 Å². The van der Waals surface area contributed by atoms with E-state index in [-0.39, 0.29) is 36.4 Å². The number of fused-ring (bicyclic) bond motifs is 8. The maximum Gasteiger partial charge on any atom is 0.412 e. The Hall–Kier alpha value is -3.48. The summed E-state index contributed by atoms with van der Waals surface area (Å²) in [7, 11) is 0. The van der Waals surface area contributed by atoms with Crippen molar-refractivity contribution in [1.82, 2.24) is 14.8 Å². The molecule has 0 radical (unpaired) electrons. The zero-order valence-electron chi connectivity index (χ0n) is 19.1. The van der Waals surface area contributed by atoms with Crippen molar-refractivity contribution in [3.63, 3.8) is 0 Å². The molecule has 37 heavy (non-hydrogen) atoms. The van der Waals surface area contributed by atoms with E-state index in [9.17, 15) is 41.4 Å². The lowest BCUT2D eigenvalue weighted by molar-refractivity contribution is -0.155. The highest BCUT2D eigenvalue weighted by molar-refractivity contribution is 5.99. The molecule has 6 rings (SSSR count). The fourth-order valence-electron chi connectivity index (χ4n) is 6.36. The number of pyridine rings is 1. The van der Waals surface area contributed by atoms with E-state index >= 15 is 0 Å². The van der Waals surface area contributed by atoms with Crippen molar-refractivity contribution in [1.29, 1.82) is 0 Å². The lowest BCUT2D eigenvalue weighted by Gasteiger charge is -2.46. The van der Waals surface area contributed by atoms with Crippen LogP contribution in [0.1, 0.15) is 45.8 Å². The molecule has 3 heterocycles. The number of rotatable bonds is 3. The zero-order valence-corrected chi connectivity index (χ0v) is 19.1. The van der Waals surface area contributed by atoms with Gasteiger partial charge in [0.1, 0.15) is 17.2 Å². The fourth-order valence-corrected chi connectivity index (χ4v) is 6.36. The molecule has 1 saturated heterocycles. The second-order valence-electron chi connectivity index (χ2n) is 9.99. The topological polar surface area (TPSA) is 101 Å². The molecule has 0 spiro atoms. The lowest BCUT2D eigenvalue weighted by Crippen LogP contribution is -2.58. The van der Waals surface area contributed by atoms with E-state index in [0.29, 0.717) is 30.4 Å². The number of nitrogens with zero attached hydrogens (tertiary/aromatic N) is 2. The van der Waals surface area contributed by atoms with Gasteiger partial charge in [-0.25, -0.2) is 8.78 Å². The van der Waals surface area contributed by atoms with Crippen molar-refractivity contribution in [2.24, 2.45) is 17.8 Å². The fraction of sp³-hybridized carbons (Fsp3) is 0.458. The summed E-state index contributed by atoms with van der Waals surface area (Å²) >= 11 is 0. The van der Waals surface area contributed by atoms with Crippen LogP contribution in [0.25, 0.3) is 0 Å². The van der Waals surface area contributed by atoms with Crippen molar-refractivity contribution in [2.45, 2.75) is 50.5 Å². The summed E-state index contributed by atoms with van der Waals surface area (Å²) in [4.78, 5) is 40.5. The summed E-state index contributed by atoms with van der Waals surface area (Å²) in [5.41, 5.74) is -3.67. The molecule has 8 nitrogen and oxygen atoms in total. The molecule has 1 aromatic heterocycles. The molecule has 2 amide bonds. The zero-order chi connectivity index (χ0) is 26.5. The molecule has 2 N–H and O–H groups in total. The van der Waals surface area contributed by atoms with Gasteiger partial charge in [0.25, 0.3) is 11.8 Å². The highest BCUT2D eigenvalue weighted by atomic mass is 19.4. The van der Waals surface area contributed by atoms with Crippen LogP contribution >= 0.6 is 0 Å². The van der Waals surface area contributed by atoms with E-state index in [1.807, 2.05) is 0 Å². The van der Waals surface area contributed by atoms with Crippen LogP contribution in [-0.2, 0) is 11.3 Å². The van der Waals surface area contributed by atoms with Crippen LogP contribution in [0.5, 0.6) is 5.75 Å². The van der Waals surface area contributed by atoms with Gasteiger partial charge in [0.05, 0.1) is 12.6 Å². The van der Waals surface area contributed by atoms with Gasteiger partial charge in [-0.2, -0.15) is 13.2 Å². The van der Waals surface area contributed by atoms with Gasteiger partial charge >= 0.3 is 6.18 Å². The van der Waals surface area contributed by atoms with Gasteiger partial charge in [-0.1, -0.05) is 13.0 Å². The molecule has 2 aromatic rings. The molecule has 2 unspecified atom stereocenters. The number of halogens is 5. The van der Waals surface area contributed by atoms with Crippen LogP contribution in [0.3, 0.4) is 0 Å². The number of nitrogens with one attached hydrogen (secondary N) is 1. The average molecular weight is 525 g/mol. The smallest absolute Gasteiger partial charge is 0.412 e. The Morgan fingerprint density at radius 1 is 1.22 bits per heavy atom. The predicted molar refractivity (Wildman–Crippen MR) is 114 cm³/mol. The molecule has 2 bridgehead atoms. The van der Waals surface area contributed by atoms with Gasteiger partial charge in [-0.15, -0.1) is 0 Å². The van der Waals surface area contributed by atoms with Crippen molar-refractivity contribution < 1.29 is 41.4 Å². The van der Waals surface area contributed by atoms with Crippen LogP contribution < -0.4 is 10.7 Å². The first-order valence-corrected chi connectivity index (χ1v) is 11.7. The Balaban J connectivity index is 1.34. The molecular weight excluding hydrogens is 505 g/mol. The predicted octanol–water partition coefficient (Wildman–Crippen LogP) is 2.70. The molecule has 3 fully saturated rings. The minimum atomic E-state index is -5.20. The second kappa shape index (κ2) is 7.76. The third-order valence-corrected chi connectivity index (χ3v) is 8.03. The van der Waals surface area contributed by atoms with Gasteiger partial charge in [-0.05, 0) is 30.2 Å². The molecule has 2 aliphatic carbocycles. The molecule has 4 aliphatic rings. The number of hydrogen-bond donors (Lipinski definition) is 2. The Morgan fingerprint density at radius 3 is 2.62 bits per heavy atom. The Bertz CT molecular complexity index is 1410. The van der Waals surface area contributed by atoms with E-state index in [0.717, 1.165) is 10.8 Å². The Kier molecular flexibility index (Phi) is 5.01. The maximum atomic E-state index is 14.1. The molecule has 13 heteroatoms. The first-order valence-electron chi connectivity index (χ1n) is 11.7. The van der Waals surface area contributed by atoms with Crippen molar-refractivity contribution in [3.8, 4) is 5.75 Å². The molecule has 2 saturated carbocycles. The quantitative estimate of drug-likeness (QED) is 0.601. The third kappa shape index (κ3) is 3.46. The van der Waals surface area contributed by atoms with Crippen LogP contribution in [0.15, 0.2) is 29.2 Å². The molecule has 2 aliphatic heterocycles. The number of aromatic nitrogens is 1. The second-order valence-corrected chi connectivity index (χ2v) is 9.99. The summed E-state index contributed by atoms with van der Waals surface area (Å²) < 4.78 is 75.7. The SMILES string of the molecule is C[C@H]1[C@H]2C3CC([C@@H]12)N1C(=O)c2c(O)c(=O)c(C(=O)N[C@@H](c4ccc(F)cc4F)C(F)(F)F)cn2C[C@@H]1O3. The van der Waals surface area contributed by atoms with E-state index in [2.05, 4.69) is 6.92 Å². The summed E-state index contributed by atoms with van der Waals surface area (Å²) in [5.74, 6) is -5.01. The number of ether oxygens (including phenoxy) is 1. The number of benzene rings is 1. The van der Waals surface area contributed by atoms with Gasteiger partial charge < -0.3 is 24.6 Å². The summed E-state index contributed by atoms with van der Waals surface area (Å²) in [6.45, 7) is 2.02. The van der Waals surface area contributed by atoms with E-state index < -0.39 is 64.2 Å². The number of hydrogen-bond acceptors (Lipinski definition) is 5. The van der Waals surface area contributed by atoms with E-state index in [4.69, 9.17) is 4.74 Å². The number of amides is 2. The number of carbonyl (C=O) groups is 2. The summed E-state index contributed by atoms with van der Waals surface area (Å²) in [5, 5.41) is 12.1. The van der Waals surface area contributed by atoms with Crippen molar-refractivity contribution >= 4 is 11.8 Å². The minimum Gasteiger partial charge on any atom is -0.503 e. The molecular formula is C24H20F5N3O5. The number of aromatic hydroxyl groups is 1.